The third-order valence-electron chi connectivity index (χ3n) is 13.0. The monoisotopic (exact) mass is 752 g/mol. The largest absolute Gasteiger partial charge is 0.310 e. The highest BCUT2D eigenvalue weighted by atomic mass is 15.1. The maximum atomic E-state index is 2.49. The summed E-state index contributed by atoms with van der Waals surface area (Å²) in [6.45, 7) is 4.71. The van der Waals surface area contributed by atoms with Crippen LogP contribution in [0.5, 0.6) is 0 Å². The van der Waals surface area contributed by atoms with E-state index in [4.69, 9.17) is 0 Å². The molecule has 2 heterocycles. The highest BCUT2D eigenvalue weighted by molar-refractivity contribution is 6.17. The van der Waals surface area contributed by atoms with Crippen molar-refractivity contribution in [3.8, 4) is 61.3 Å². The third-order valence-corrected chi connectivity index (χ3v) is 13.0. The second-order valence-corrected chi connectivity index (χ2v) is 16.5. The molecule has 0 saturated heterocycles. The minimum absolute atomic E-state index is 0.0960. The van der Waals surface area contributed by atoms with Crippen LogP contribution in [-0.2, 0) is 5.41 Å². The molecule has 0 atom stereocenters. The van der Waals surface area contributed by atoms with Crippen LogP contribution in [0.3, 0.4) is 0 Å². The smallest absolute Gasteiger partial charge is 0.0619 e. The predicted molar refractivity (Wildman–Crippen MR) is 248 cm³/mol. The van der Waals surface area contributed by atoms with Gasteiger partial charge in [0.15, 0.2) is 0 Å². The fourth-order valence-corrected chi connectivity index (χ4v) is 10.1. The van der Waals surface area contributed by atoms with Crippen LogP contribution < -0.4 is 4.90 Å². The molecule has 0 N–H and O–H groups in total. The molecule has 0 fully saturated rings. The lowest BCUT2D eigenvalue weighted by molar-refractivity contribution is 0.660. The number of rotatable bonds is 5. The van der Waals surface area contributed by atoms with Gasteiger partial charge in [0.25, 0.3) is 0 Å². The van der Waals surface area contributed by atoms with Gasteiger partial charge in [-0.2, -0.15) is 0 Å². The zero-order chi connectivity index (χ0) is 39.2. The number of benzene rings is 9. The summed E-state index contributed by atoms with van der Waals surface area (Å²) in [5.74, 6) is 0. The molecule has 10 aromatic rings. The standard InChI is InChI=1S/C57H40N2/c1-57(2)52-21-10-8-17-46(52)47-33-32-43(36-53(47)57)58(41-28-23-38(24-29-41)37-13-4-3-5-14-37)42-30-25-39(26-31-42)40-27-34-55-51(35-40)50-20-12-19-49-45-16-7-6-15-44(45)48-18-9-11-22-54(48)59(55)56(49)50/h3-36H,1-2H3. The van der Waals surface area contributed by atoms with Crippen LogP contribution in [0, 0.1) is 0 Å². The molecule has 0 saturated carbocycles. The van der Waals surface area contributed by atoms with Gasteiger partial charge in [0.2, 0.25) is 0 Å². The van der Waals surface area contributed by atoms with E-state index in [9.17, 15) is 0 Å². The van der Waals surface area contributed by atoms with Crippen LogP contribution in [0.25, 0.3) is 83.1 Å². The normalized spacial score (nSPS) is 13.1. The molecule has 2 nitrogen and oxygen atoms in total. The topological polar surface area (TPSA) is 8.17 Å². The van der Waals surface area contributed by atoms with Crippen molar-refractivity contribution in [1.29, 1.82) is 0 Å². The first kappa shape index (κ1) is 33.7. The first-order valence-electron chi connectivity index (χ1n) is 20.6. The van der Waals surface area contributed by atoms with Crippen molar-refractivity contribution in [2.75, 3.05) is 4.90 Å². The van der Waals surface area contributed by atoms with Gasteiger partial charge < -0.3 is 9.47 Å². The van der Waals surface area contributed by atoms with Gasteiger partial charge in [0, 0.05) is 44.4 Å². The Labute approximate surface area is 344 Å². The van der Waals surface area contributed by atoms with Crippen molar-refractivity contribution in [3.05, 3.63) is 217 Å². The minimum Gasteiger partial charge on any atom is -0.310 e. The Morgan fingerprint density at radius 1 is 0.356 bits per heavy atom. The SMILES string of the molecule is CC1(C)c2ccccc2-c2ccc(N(c3ccc(-c4ccccc4)cc3)c3ccc(-c4ccc5c(c4)c4cccc6c4n5-c4ccccc4-c4ccccc4-6)cc3)cc21. The quantitative estimate of drug-likeness (QED) is 0.170. The molecule has 0 radical (unpaired) electrons. The number of hydrogen-bond donors (Lipinski definition) is 0. The summed E-state index contributed by atoms with van der Waals surface area (Å²) in [7, 11) is 0. The summed E-state index contributed by atoms with van der Waals surface area (Å²) < 4.78 is 2.49. The van der Waals surface area contributed by atoms with Gasteiger partial charge in [-0.25, -0.2) is 0 Å². The maximum Gasteiger partial charge on any atom is 0.0619 e. The van der Waals surface area contributed by atoms with Gasteiger partial charge in [-0.05, 0) is 110 Å². The van der Waals surface area contributed by atoms with Crippen molar-refractivity contribution in [3.63, 3.8) is 0 Å². The second kappa shape index (κ2) is 12.8. The molecule has 0 unspecified atom stereocenters. The average molecular weight is 753 g/mol. The van der Waals surface area contributed by atoms with Gasteiger partial charge in [-0.15, -0.1) is 0 Å². The minimum atomic E-state index is -0.0960. The fourth-order valence-electron chi connectivity index (χ4n) is 10.1. The molecule has 2 aliphatic rings. The van der Waals surface area contributed by atoms with Crippen LogP contribution in [0.4, 0.5) is 17.1 Å². The molecule has 2 heteroatoms. The van der Waals surface area contributed by atoms with Crippen LogP contribution in [0.1, 0.15) is 25.0 Å². The van der Waals surface area contributed by atoms with Crippen molar-refractivity contribution < 1.29 is 0 Å². The number of para-hydroxylation sites is 2. The number of fused-ring (bicyclic) bond motifs is 11. The van der Waals surface area contributed by atoms with Crippen LogP contribution >= 0.6 is 0 Å². The Balaban J connectivity index is 0.977. The van der Waals surface area contributed by atoms with Gasteiger partial charge in [0.1, 0.15) is 0 Å². The average Bonchev–Trinajstić information content (AvgIpc) is 3.70. The molecule has 1 aromatic heterocycles. The highest BCUT2D eigenvalue weighted by Gasteiger charge is 2.36. The zero-order valence-corrected chi connectivity index (χ0v) is 33.0. The van der Waals surface area contributed by atoms with Crippen LogP contribution in [0.15, 0.2) is 206 Å². The van der Waals surface area contributed by atoms with Gasteiger partial charge >= 0.3 is 0 Å². The van der Waals surface area contributed by atoms with E-state index >= 15 is 0 Å². The summed E-state index contributed by atoms with van der Waals surface area (Å²) in [5.41, 5.74) is 22.3. The number of aromatic nitrogens is 1. The molecule has 9 aromatic carbocycles. The molecule has 59 heavy (non-hydrogen) atoms. The van der Waals surface area contributed by atoms with E-state index in [0.717, 1.165) is 17.1 Å². The van der Waals surface area contributed by atoms with Crippen molar-refractivity contribution in [2.24, 2.45) is 0 Å². The molecule has 0 amide bonds. The molecular formula is C57H40N2. The second-order valence-electron chi connectivity index (χ2n) is 16.5. The summed E-state index contributed by atoms with van der Waals surface area (Å²) in [5, 5.41) is 2.54. The van der Waals surface area contributed by atoms with Crippen molar-refractivity contribution in [2.45, 2.75) is 19.3 Å². The summed E-state index contributed by atoms with van der Waals surface area (Å²) in [6, 6.07) is 76.1. The van der Waals surface area contributed by atoms with E-state index in [2.05, 4.69) is 230 Å². The first-order valence-corrected chi connectivity index (χ1v) is 20.6. The third kappa shape index (κ3) is 5.06. The van der Waals surface area contributed by atoms with E-state index in [1.807, 2.05) is 0 Å². The molecule has 278 valence electrons. The summed E-state index contributed by atoms with van der Waals surface area (Å²) in [4.78, 5) is 2.41. The van der Waals surface area contributed by atoms with E-state index in [1.165, 1.54) is 94.3 Å². The van der Waals surface area contributed by atoms with Crippen molar-refractivity contribution >= 4 is 38.9 Å². The van der Waals surface area contributed by atoms with E-state index in [1.54, 1.807) is 0 Å². The summed E-state index contributed by atoms with van der Waals surface area (Å²) >= 11 is 0. The Hall–Kier alpha value is -7.42. The molecular weight excluding hydrogens is 713 g/mol. The number of anilines is 3. The molecule has 0 bridgehead atoms. The van der Waals surface area contributed by atoms with E-state index in [-0.39, 0.29) is 5.41 Å². The fraction of sp³-hybridized carbons (Fsp3) is 0.0526. The van der Waals surface area contributed by atoms with Crippen LogP contribution in [-0.4, -0.2) is 4.57 Å². The van der Waals surface area contributed by atoms with E-state index < -0.39 is 0 Å². The Morgan fingerprint density at radius 3 is 1.64 bits per heavy atom. The highest BCUT2D eigenvalue weighted by Crippen LogP contribution is 2.51. The van der Waals surface area contributed by atoms with Crippen LogP contribution in [0.2, 0.25) is 0 Å². The van der Waals surface area contributed by atoms with Gasteiger partial charge in [-0.3, -0.25) is 0 Å². The summed E-state index contributed by atoms with van der Waals surface area (Å²) in [6.07, 6.45) is 0. The van der Waals surface area contributed by atoms with Crippen molar-refractivity contribution in [1.82, 2.24) is 4.57 Å². The number of nitrogens with zero attached hydrogens (tertiary/aromatic N) is 2. The molecule has 1 aliphatic carbocycles. The molecule has 0 spiro atoms. The zero-order valence-electron chi connectivity index (χ0n) is 33.0. The van der Waals surface area contributed by atoms with Gasteiger partial charge in [0.05, 0.1) is 16.7 Å². The Morgan fingerprint density at radius 2 is 0.898 bits per heavy atom. The predicted octanol–water partition coefficient (Wildman–Crippen LogP) is 15.5. The lowest BCUT2D eigenvalue weighted by atomic mass is 9.82. The first-order chi connectivity index (χ1) is 29.0. The lowest BCUT2D eigenvalue weighted by Crippen LogP contribution is -2.16. The van der Waals surface area contributed by atoms with E-state index in [0.29, 0.717) is 0 Å². The Bertz CT molecular complexity index is 3280. The van der Waals surface area contributed by atoms with Gasteiger partial charge in [-0.1, -0.05) is 166 Å². The Kier molecular flexibility index (Phi) is 7.31. The maximum absolute atomic E-state index is 2.49. The molecule has 12 rings (SSSR count). The lowest BCUT2D eigenvalue weighted by Gasteiger charge is -2.28. The molecule has 1 aliphatic heterocycles. The number of hydrogen-bond acceptors (Lipinski definition) is 1.